The molecular formula is C15H21N3. The normalized spacial score (nSPS) is 11.1. The van der Waals surface area contributed by atoms with Gasteiger partial charge in [0.2, 0.25) is 0 Å². The number of hydrogen-bond acceptors (Lipinski definition) is 2. The molecule has 1 aromatic heterocycles. The Hall–Kier alpha value is -1.61. The third-order valence-electron chi connectivity index (χ3n) is 2.87. The van der Waals surface area contributed by atoms with E-state index in [0.29, 0.717) is 5.92 Å². The molecule has 96 valence electrons. The van der Waals surface area contributed by atoms with E-state index in [1.807, 2.05) is 6.20 Å². The SMILES string of the molecule is CC(C)Cc1ccc(CNCc2cnc[nH]2)cc1. The van der Waals surface area contributed by atoms with Gasteiger partial charge in [0.1, 0.15) is 0 Å². The quantitative estimate of drug-likeness (QED) is 0.819. The number of nitrogens with one attached hydrogen (secondary N) is 2. The van der Waals surface area contributed by atoms with Crippen molar-refractivity contribution in [3.8, 4) is 0 Å². The standard InChI is InChI=1S/C15H21N3/c1-12(2)7-13-3-5-14(6-4-13)8-16-9-15-10-17-11-18-15/h3-6,10-12,16H,7-9H2,1-2H3,(H,17,18). The number of rotatable bonds is 6. The molecule has 0 fully saturated rings. The number of aromatic amines is 1. The van der Waals surface area contributed by atoms with Gasteiger partial charge in [0.15, 0.2) is 0 Å². The first-order valence-electron chi connectivity index (χ1n) is 6.50. The minimum absolute atomic E-state index is 0.717. The minimum Gasteiger partial charge on any atom is -0.347 e. The molecule has 1 heterocycles. The van der Waals surface area contributed by atoms with Crippen molar-refractivity contribution in [3.05, 3.63) is 53.6 Å². The Balaban J connectivity index is 1.79. The van der Waals surface area contributed by atoms with Crippen LogP contribution in [0.3, 0.4) is 0 Å². The topological polar surface area (TPSA) is 40.7 Å². The zero-order chi connectivity index (χ0) is 12.8. The predicted molar refractivity (Wildman–Crippen MR) is 74.1 cm³/mol. The molecule has 2 aromatic rings. The third kappa shape index (κ3) is 4.00. The number of aromatic nitrogens is 2. The smallest absolute Gasteiger partial charge is 0.0922 e. The Morgan fingerprint density at radius 3 is 2.44 bits per heavy atom. The molecule has 18 heavy (non-hydrogen) atoms. The summed E-state index contributed by atoms with van der Waals surface area (Å²) in [6.45, 7) is 6.22. The highest BCUT2D eigenvalue weighted by molar-refractivity contribution is 5.22. The van der Waals surface area contributed by atoms with E-state index in [-0.39, 0.29) is 0 Å². The van der Waals surface area contributed by atoms with E-state index in [1.165, 1.54) is 11.1 Å². The van der Waals surface area contributed by atoms with Crippen LogP contribution in [0.5, 0.6) is 0 Å². The van der Waals surface area contributed by atoms with E-state index in [9.17, 15) is 0 Å². The summed E-state index contributed by atoms with van der Waals surface area (Å²) < 4.78 is 0. The Morgan fingerprint density at radius 2 is 1.83 bits per heavy atom. The summed E-state index contributed by atoms with van der Waals surface area (Å²) in [5, 5.41) is 3.39. The maximum Gasteiger partial charge on any atom is 0.0922 e. The first-order chi connectivity index (χ1) is 8.74. The Bertz CT molecular complexity index is 443. The van der Waals surface area contributed by atoms with Gasteiger partial charge in [0.05, 0.1) is 6.33 Å². The zero-order valence-corrected chi connectivity index (χ0v) is 11.1. The van der Waals surface area contributed by atoms with Gasteiger partial charge < -0.3 is 10.3 Å². The van der Waals surface area contributed by atoms with Crippen LogP contribution < -0.4 is 5.32 Å². The third-order valence-corrected chi connectivity index (χ3v) is 2.87. The average Bonchev–Trinajstić information content (AvgIpc) is 2.84. The van der Waals surface area contributed by atoms with E-state index in [0.717, 1.165) is 25.2 Å². The fourth-order valence-corrected chi connectivity index (χ4v) is 1.99. The molecule has 0 saturated heterocycles. The van der Waals surface area contributed by atoms with Crippen molar-refractivity contribution in [2.45, 2.75) is 33.4 Å². The summed E-state index contributed by atoms with van der Waals surface area (Å²) in [5.41, 5.74) is 3.86. The maximum atomic E-state index is 3.99. The molecule has 0 saturated carbocycles. The minimum atomic E-state index is 0.717. The summed E-state index contributed by atoms with van der Waals surface area (Å²) in [4.78, 5) is 7.07. The van der Waals surface area contributed by atoms with E-state index in [4.69, 9.17) is 0 Å². The van der Waals surface area contributed by atoms with E-state index in [2.05, 4.69) is 53.4 Å². The van der Waals surface area contributed by atoms with Crippen LogP contribution >= 0.6 is 0 Å². The van der Waals surface area contributed by atoms with Crippen molar-refractivity contribution in [3.63, 3.8) is 0 Å². The number of H-pyrrole nitrogens is 1. The van der Waals surface area contributed by atoms with Crippen LogP contribution in [0.4, 0.5) is 0 Å². The van der Waals surface area contributed by atoms with Gasteiger partial charge in [0.25, 0.3) is 0 Å². The van der Waals surface area contributed by atoms with E-state index in [1.54, 1.807) is 6.33 Å². The lowest BCUT2D eigenvalue weighted by molar-refractivity contribution is 0.646. The summed E-state index contributed by atoms with van der Waals surface area (Å²) in [6, 6.07) is 8.87. The summed E-state index contributed by atoms with van der Waals surface area (Å²) in [6.07, 6.45) is 4.71. The Labute approximate surface area is 109 Å². The molecule has 0 bridgehead atoms. The monoisotopic (exact) mass is 243 g/mol. The van der Waals surface area contributed by atoms with E-state index >= 15 is 0 Å². The molecule has 2 N–H and O–H groups in total. The van der Waals surface area contributed by atoms with Gasteiger partial charge in [-0.1, -0.05) is 38.1 Å². The van der Waals surface area contributed by atoms with Gasteiger partial charge in [-0.15, -0.1) is 0 Å². The number of benzene rings is 1. The van der Waals surface area contributed by atoms with Crippen LogP contribution in [-0.2, 0) is 19.5 Å². The second-order valence-electron chi connectivity index (χ2n) is 5.09. The predicted octanol–water partition coefficient (Wildman–Crippen LogP) is 2.90. The Kier molecular flexibility index (Phi) is 4.53. The highest BCUT2D eigenvalue weighted by Crippen LogP contribution is 2.09. The molecule has 0 spiro atoms. The summed E-state index contributed by atoms with van der Waals surface area (Å²) in [5.74, 6) is 0.717. The van der Waals surface area contributed by atoms with Crippen LogP contribution in [0.2, 0.25) is 0 Å². The fourth-order valence-electron chi connectivity index (χ4n) is 1.99. The van der Waals surface area contributed by atoms with Crippen molar-refractivity contribution < 1.29 is 0 Å². The molecule has 0 aliphatic rings. The summed E-state index contributed by atoms with van der Waals surface area (Å²) >= 11 is 0. The molecule has 0 radical (unpaired) electrons. The average molecular weight is 243 g/mol. The van der Waals surface area contributed by atoms with Crippen LogP contribution in [0.1, 0.15) is 30.7 Å². The van der Waals surface area contributed by atoms with Crippen molar-refractivity contribution >= 4 is 0 Å². The Morgan fingerprint density at radius 1 is 1.11 bits per heavy atom. The van der Waals surface area contributed by atoms with Crippen molar-refractivity contribution in [1.29, 1.82) is 0 Å². The molecule has 1 aromatic carbocycles. The van der Waals surface area contributed by atoms with Crippen LogP contribution in [-0.4, -0.2) is 9.97 Å². The molecule has 0 aliphatic carbocycles. The van der Waals surface area contributed by atoms with Gasteiger partial charge in [-0.25, -0.2) is 4.98 Å². The van der Waals surface area contributed by atoms with E-state index < -0.39 is 0 Å². The highest BCUT2D eigenvalue weighted by Gasteiger charge is 1.99. The van der Waals surface area contributed by atoms with Crippen LogP contribution in [0.25, 0.3) is 0 Å². The van der Waals surface area contributed by atoms with Crippen LogP contribution in [0, 0.1) is 5.92 Å². The van der Waals surface area contributed by atoms with Crippen molar-refractivity contribution in [2.75, 3.05) is 0 Å². The van der Waals surface area contributed by atoms with Gasteiger partial charge >= 0.3 is 0 Å². The highest BCUT2D eigenvalue weighted by atomic mass is 14.9. The lowest BCUT2D eigenvalue weighted by atomic mass is 10.0. The molecule has 0 atom stereocenters. The fraction of sp³-hybridized carbons (Fsp3) is 0.400. The number of nitrogens with zero attached hydrogens (tertiary/aromatic N) is 1. The largest absolute Gasteiger partial charge is 0.347 e. The van der Waals surface area contributed by atoms with Crippen LogP contribution in [0.15, 0.2) is 36.8 Å². The van der Waals surface area contributed by atoms with Crippen molar-refractivity contribution in [2.24, 2.45) is 5.92 Å². The second kappa shape index (κ2) is 6.36. The lowest BCUT2D eigenvalue weighted by Crippen LogP contribution is -2.12. The maximum absolute atomic E-state index is 3.99. The number of imidazole rings is 1. The molecule has 3 heteroatoms. The molecular weight excluding hydrogens is 222 g/mol. The first kappa shape index (κ1) is 12.8. The molecule has 3 nitrogen and oxygen atoms in total. The van der Waals surface area contributed by atoms with Crippen molar-refractivity contribution in [1.82, 2.24) is 15.3 Å². The molecule has 0 amide bonds. The van der Waals surface area contributed by atoms with Gasteiger partial charge in [-0.2, -0.15) is 0 Å². The van der Waals surface area contributed by atoms with Gasteiger partial charge in [-0.05, 0) is 23.5 Å². The molecule has 2 rings (SSSR count). The lowest BCUT2D eigenvalue weighted by Gasteiger charge is -2.07. The van der Waals surface area contributed by atoms with Gasteiger partial charge in [0, 0.05) is 25.0 Å². The summed E-state index contributed by atoms with van der Waals surface area (Å²) in [7, 11) is 0. The molecule has 0 unspecified atom stereocenters. The zero-order valence-electron chi connectivity index (χ0n) is 11.1. The van der Waals surface area contributed by atoms with Gasteiger partial charge in [-0.3, -0.25) is 0 Å². The number of hydrogen-bond donors (Lipinski definition) is 2. The molecule has 0 aliphatic heterocycles. The first-order valence-corrected chi connectivity index (χ1v) is 6.50. The second-order valence-corrected chi connectivity index (χ2v) is 5.09.